The molecule has 5 nitrogen and oxygen atoms in total. The van der Waals surface area contributed by atoms with Gasteiger partial charge in [-0.25, -0.2) is 4.79 Å². The molecule has 0 saturated heterocycles. The first-order chi connectivity index (χ1) is 8.41. The number of hydrogen-bond donors (Lipinski definition) is 2. The van der Waals surface area contributed by atoms with Crippen molar-refractivity contribution >= 4 is 12.0 Å². The first-order valence-electron chi connectivity index (χ1n) is 6.67. The van der Waals surface area contributed by atoms with E-state index in [0.29, 0.717) is 6.04 Å². The fraction of sp³-hybridized carbons (Fsp3) is 0.846. The lowest BCUT2D eigenvalue weighted by Crippen LogP contribution is -2.48. The molecule has 18 heavy (non-hydrogen) atoms. The van der Waals surface area contributed by atoms with Gasteiger partial charge < -0.3 is 15.3 Å². The number of rotatable bonds is 5. The summed E-state index contributed by atoms with van der Waals surface area (Å²) in [6.07, 6.45) is 4.42. The minimum absolute atomic E-state index is 0.0259. The third-order valence-electron chi connectivity index (χ3n) is 3.70. The summed E-state index contributed by atoms with van der Waals surface area (Å²) in [5.74, 6) is -0.764. The van der Waals surface area contributed by atoms with E-state index in [2.05, 4.69) is 5.32 Å². The molecule has 1 rings (SSSR count). The van der Waals surface area contributed by atoms with Gasteiger partial charge in [-0.3, -0.25) is 4.79 Å². The molecule has 104 valence electrons. The van der Waals surface area contributed by atoms with Gasteiger partial charge in [-0.2, -0.15) is 0 Å². The zero-order valence-corrected chi connectivity index (χ0v) is 11.5. The maximum Gasteiger partial charge on any atom is 0.317 e. The molecule has 0 radical (unpaired) electrons. The molecule has 0 aromatic carbocycles. The summed E-state index contributed by atoms with van der Waals surface area (Å²) in [7, 11) is 1.80. The van der Waals surface area contributed by atoms with Crippen molar-refractivity contribution in [1.29, 1.82) is 0 Å². The number of amides is 2. The molecule has 0 aliphatic heterocycles. The molecule has 0 aromatic heterocycles. The quantitative estimate of drug-likeness (QED) is 0.791. The second kappa shape index (κ2) is 6.61. The molecule has 1 aliphatic carbocycles. The highest BCUT2D eigenvalue weighted by molar-refractivity contribution is 5.76. The maximum atomic E-state index is 12.0. The van der Waals surface area contributed by atoms with Crippen molar-refractivity contribution in [3.05, 3.63) is 0 Å². The van der Waals surface area contributed by atoms with Crippen LogP contribution in [0.2, 0.25) is 0 Å². The van der Waals surface area contributed by atoms with Crippen LogP contribution in [0.3, 0.4) is 0 Å². The van der Waals surface area contributed by atoms with E-state index < -0.39 is 5.97 Å². The number of carboxylic acids is 1. The van der Waals surface area contributed by atoms with E-state index in [-0.39, 0.29) is 24.4 Å². The van der Waals surface area contributed by atoms with Crippen LogP contribution < -0.4 is 5.32 Å². The van der Waals surface area contributed by atoms with E-state index in [4.69, 9.17) is 5.11 Å². The van der Waals surface area contributed by atoms with Crippen LogP contribution in [-0.4, -0.2) is 41.1 Å². The molecule has 1 unspecified atom stereocenters. The van der Waals surface area contributed by atoms with Crippen molar-refractivity contribution in [3.8, 4) is 0 Å². The summed E-state index contributed by atoms with van der Waals surface area (Å²) in [5.41, 5.74) is 0. The highest BCUT2D eigenvalue weighted by Gasteiger charge is 2.26. The van der Waals surface area contributed by atoms with Gasteiger partial charge in [0.2, 0.25) is 0 Å². The van der Waals surface area contributed by atoms with Crippen molar-refractivity contribution in [1.82, 2.24) is 10.2 Å². The Kier molecular flexibility index (Phi) is 5.44. The van der Waals surface area contributed by atoms with Gasteiger partial charge in [-0.15, -0.1) is 0 Å². The Morgan fingerprint density at radius 3 is 2.33 bits per heavy atom. The van der Waals surface area contributed by atoms with Gasteiger partial charge in [-0.05, 0) is 18.8 Å². The van der Waals surface area contributed by atoms with Crippen molar-refractivity contribution < 1.29 is 14.7 Å². The molecule has 1 fully saturated rings. The van der Waals surface area contributed by atoms with Crippen LogP contribution in [0.25, 0.3) is 0 Å². The molecule has 0 heterocycles. The Morgan fingerprint density at radius 2 is 1.89 bits per heavy atom. The second-order valence-corrected chi connectivity index (χ2v) is 5.45. The smallest absolute Gasteiger partial charge is 0.317 e. The Bertz CT molecular complexity index is 299. The number of urea groups is 1. The molecule has 0 spiro atoms. The third kappa shape index (κ3) is 4.20. The fourth-order valence-corrected chi connectivity index (χ4v) is 2.36. The SMILES string of the molecule is CC(C)C(CC(=O)O)NC(=O)N(C)C1CCCC1. The number of nitrogens with one attached hydrogen (secondary N) is 1. The van der Waals surface area contributed by atoms with Gasteiger partial charge in [-0.1, -0.05) is 26.7 Å². The summed E-state index contributed by atoms with van der Waals surface area (Å²) in [5, 5.41) is 11.7. The molecule has 0 bridgehead atoms. The number of hydrogen-bond acceptors (Lipinski definition) is 2. The Labute approximate surface area is 109 Å². The summed E-state index contributed by atoms with van der Waals surface area (Å²) in [6, 6.07) is -0.150. The predicted molar refractivity (Wildman–Crippen MR) is 69.4 cm³/mol. The summed E-state index contributed by atoms with van der Waals surface area (Å²) in [6.45, 7) is 3.84. The topological polar surface area (TPSA) is 69.6 Å². The van der Waals surface area contributed by atoms with Crippen LogP contribution in [-0.2, 0) is 4.79 Å². The van der Waals surface area contributed by atoms with E-state index >= 15 is 0 Å². The lowest BCUT2D eigenvalue weighted by atomic mass is 10.0. The number of carbonyl (C=O) groups excluding carboxylic acids is 1. The zero-order chi connectivity index (χ0) is 13.7. The van der Waals surface area contributed by atoms with Crippen LogP contribution in [0.15, 0.2) is 0 Å². The molecule has 1 aliphatic rings. The first-order valence-corrected chi connectivity index (χ1v) is 6.67. The third-order valence-corrected chi connectivity index (χ3v) is 3.70. The molecule has 2 N–H and O–H groups in total. The molecule has 1 atom stereocenters. The van der Waals surface area contributed by atoms with Crippen molar-refractivity contribution in [2.45, 2.75) is 58.0 Å². The van der Waals surface area contributed by atoms with Crippen molar-refractivity contribution in [2.24, 2.45) is 5.92 Å². The van der Waals surface area contributed by atoms with Crippen LogP contribution in [0.5, 0.6) is 0 Å². The van der Waals surface area contributed by atoms with E-state index in [0.717, 1.165) is 12.8 Å². The lowest BCUT2D eigenvalue weighted by molar-refractivity contribution is -0.137. The van der Waals surface area contributed by atoms with E-state index in [1.54, 1.807) is 11.9 Å². The van der Waals surface area contributed by atoms with E-state index in [1.165, 1.54) is 12.8 Å². The highest BCUT2D eigenvalue weighted by atomic mass is 16.4. The minimum atomic E-state index is -0.877. The largest absolute Gasteiger partial charge is 0.481 e. The number of carbonyl (C=O) groups is 2. The van der Waals surface area contributed by atoms with Crippen molar-refractivity contribution in [3.63, 3.8) is 0 Å². The molecular formula is C13H24N2O3. The van der Waals surface area contributed by atoms with Crippen molar-refractivity contribution in [2.75, 3.05) is 7.05 Å². The van der Waals surface area contributed by atoms with Gasteiger partial charge in [0, 0.05) is 19.1 Å². The number of nitrogens with zero attached hydrogens (tertiary/aromatic N) is 1. The van der Waals surface area contributed by atoms with Gasteiger partial charge in [0.15, 0.2) is 0 Å². The predicted octanol–water partition coefficient (Wildman–Crippen LogP) is 2.07. The Morgan fingerprint density at radius 1 is 1.33 bits per heavy atom. The Hall–Kier alpha value is -1.26. The van der Waals surface area contributed by atoms with E-state index in [1.807, 2.05) is 13.8 Å². The van der Waals surface area contributed by atoms with Gasteiger partial charge in [0.25, 0.3) is 0 Å². The monoisotopic (exact) mass is 256 g/mol. The van der Waals surface area contributed by atoms with Gasteiger partial charge >= 0.3 is 12.0 Å². The maximum absolute atomic E-state index is 12.0. The molecule has 2 amide bonds. The van der Waals surface area contributed by atoms with Crippen LogP contribution in [0.4, 0.5) is 4.79 Å². The van der Waals surface area contributed by atoms with Gasteiger partial charge in [0.05, 0.1) is 6.42 Å². The zero-order valence-electron chi connectivity index (χ0n) is 11.5. The molecule has 5 heteroatoms. The highest BCUT2D eigenvalue weighted by Crippen LogP contribution is 2.22. The first kappa shape index (κ1) is 14.8. The van der Waals surface area contributed by atoms with Crippen LogP contribution in [0.1, 0.15) is 46.0 Å². The van der Waals surface area contributed by atoms with E-state index in [9.17, 15) is 9.59 Å². The number of aliphatic carboxylic acids is 1. The summed E-state index contributed by atoms with van der Waals surface area (Å²) < 4.78 is 0. The average Bonchev–Trinajstić information content (AvgIpc) is 2.79. The summed E-state index contributed by atoms with van der Waals surface area (Å²) >= 11 is 0. The minimum Gasteiger partial charge on any atom is -0.481 e. The second-order valence-electron chi connectivity index (χ2n) is 5.45. The fourth-order valence-electron chi connectivity index (χ4n) is 2.36. The lowest BCUT2D eigenvalue weighted by Gasteiger charge is -2.28. The molecule has 0 aromatic rings. The normalized spacial score (nSPS) is 17.8. The Balaban J connectivity index is 2.51. The van der Waals surface area contributed by atoms with Crippen LogP contribution in [0, 0.1) is 5.92 Å². The van der Waals surface area contributed by atoms with Crippen LogP contribution >= 0.6 is 0 Å². The summed E-state index contributed by atoms with van der Waals surface area (Å²) in [4.78, 5) is 24.5. The molecular weight excluding hydrogens is 232 g/mol. The molecule has 1 saturated carbocycles. The average molecular weight is 256 g/mol. The number of carboxylic acid groups (broad SMARTS) is 1. The standard InChI is InChI=1S/C13H24N2O3/c1-9(2)11(8-12(16)17)14-13(18)15(3)10-6-4-5-7-10/h9-11H,4-8H2,1-3H3,(H,14,18)(H,16,17). The van der Waals surface area contributed by atoms with Gasteiger partial charge in [0.1, 0.15) is 0 Å².